The number of carbonyl (C=O) groups excluding carboxylic acids is 2. The molecular formula is C9H16N2O4. The van der Waals surface area contributed by atoms with Crippen LogP contribution in [0.1, 0.15) is 26.7 Å². The van der Waals surface area contributed by atoms with Gasteiger partial charge in [0, 0.05) is 19.9 Å². The van der Waals surface area contributed by atoms with Crippen molar-refractivity contribution in [2.45, 2.75) is 32.7 Å². The third kappa shape index (κ3) is 6.48. The topological polar surface area (TPSA) is 95.5 Å². The molecular weight excluding hydrogens is 200 g/mol. The fourth-order valence-electron chi connectivity index (χ4n) is 1.06. The molecule has 0 saturated heterocycles. The van der Waals surface area contributed by atoms with E-state index in [1.165, 1.54) is 6.92 Å². The lowest BCUT2D eigenvalue weighted by atomic mass is 10.1. The standard InChI is InChI=1S/C9H16N2O4/c1-3-10-8(13)5-4-7(9(14)15)11-6(2)12/h7H,3-5H2,1-2H3,(H,10,13)(H,11,12)(H,14,15). The highest BCUT2D eigenvalue weighted by molar-refractivity contribution is 5.83. The molecule has 6 heteroatoms. The molecule has 0 aromatic rings. The summed E-state index contributed by atoms with van der Waals surface area (Å²) in [5.41, 5.74) is 0. The minimum atomic E-state index is -1.13. The van der Waals surface area contributed by atoms with Crippen LogP contribution in [0.25, 0.3) is 0 Å². The highest BCUT2D eigenvalue weighted by atomic mass is 16.4. The van der Waals surface area contributed by atoms with Gasteiger partial charge in [0.1, 0.15) is 6.04 Å². The van der Waals surface area contributed by atoms with Crippen LogP contribution < -0.4 is 10.6 Å². The van der Waals surface area contributed by atoms with Crippen LogP contribution in [0.15, 0.2) is 0 Å². The van der Waals surface area contributed by atoms with Crippen molar-refractivity contribution < 1.29 is 19.5 Å². The first-order valence-corrected chi connectivity index (χ1v) is 4.74. The molecule has 0 fully saturated rings. The number of hydrogen-bond acceptors (Lipinski definition) is 3. The van der Waals surface area contributed by atoms with Crippen molar-refractivity contribution in [3.63, 3.8) is 0 Å². The lowest BCUT2D eigenvalue weighted by Crippen LogP contribution is -2.40. The van der Waals surface area contributed by atoms with Crippen molar-refractivity contribution >= 4 is 17.8 Å². The zero-order valence-electron chi connectivity index (χ0n) is 8.87. The van der Waals surface area contributed by atoms with Gasteiger partial charge in [-0.05, 0) is 13.3 Å². The van der Waals surface area contributed by atoms with Gasteiger partial charge >= 0.3 is 5.97 Å². The monoisotopic (exact) mass is 216 g/mol. The molecule has 0 radical (unpaired) electrons. The summed E-state index contributed by atoms with van der Waals surface area (Å²) in [6.45, 7) is 3.53. The fourth-order valence-corrected chi connectivity index (χ4v) is 1.06. The molecule has 0 saturated carbocycles. The quantitative estimate of drug-likeness (QED) is 0.557. The lowest BCUT2D eigenvalue weighted by Gasteiger charge is -2.12. The number of carbonyl (C=O) groups is 3. The Kier molecular flexibility index (Phi) is 6.08. The summed E-state index contributed by atoms with van der Waals surface area (Å²) in [5.74, 6) is -1.76. The molecule has 0 aliphatic carbocycles. The average molecular weight is 216 g/mol. The number of aliphatic carboxylic acids is 1. The second kappa shape index (κ2) is 6.80. The second-order valence-corrected chi connectivity index (χ2v) is 3.08. The maximum atomic E-state index is 11.0. The predicted octanol–water partition coefficient (Wildman–Crippen LogP) is -0.508. The number of hydrogen-bond donors (Lipinski definition) is 3. The minimum Gasteiger partial charge on any atom is -0.480 e. The summed E-state index contributed by atoms with van der Waals surface area (Å²) >= 11 is 0. The van der Waals surface area contributed by atoms with Crippen LogP contribution in [-0.2, 0) is 14.4 Å². The molecule has 86 valence electrons. The molecule has 6 nitrogen and oxygen atoms in total. The molecule has 0 bridgehead atoms. The highest BCUT2D eigenvalue weighted by Crippen LogP contribution is 1.97. The van der Waals surface area contributed by atoms with Gasteiger partial charge in [0.2, 0.25) is 11.8 Å². The normalized spacial score (nSPS) is 11.6. The van der Waals surface area contributed by atoms with Crippen LogP contribution >= 0.6 is 0 Å². The lowest BCUT2D eigenvalue weighted by molar-refractivity contribution is -0.141. The second-order valence-electron chi connectivity index (χ2n) is 3.08. The minimum absolute atomic E-state index is 0.0884. The zero-order valence-corrected chi connectivity index (χ0v) is 8.87. The molecule has 0 aromatic carbocycles. The summed E-state index contributed by atoms with van der Waals surface area (Å²) in [6, 6.07) is -0.995. The smallest absolute Gasteiger partial charge is 0.326 e. The molecule has 2 amide bonds. The first-order chi connectivity index (χ1) is 6.97. The molecule has 0 aliphatic heterocycles. The number of rotatable bonds is 6. The maximum absolute atomic E-state index is 11.0. The summed E-state index contributed by atoms with van der Waals surface area (Å²) < 4.78 is 0. The van der Waals surface area contributed by atoms with Crippen molar-refractivity contribution in [1.82, 2.24) is 10.6 Å². The van der Waals surface area contributed by atoms with Gasteiger partial charge in [-0.2, -0.15) is 0 Å². The number of amides is 2. The van der Waals surface area contributed by atoms with E-state index >= 15 is 0 Å². The summed E-state index contributed by atoms with van der Waals surface area (Å²) in [5, 5.41) is 13.5. The van der Waals surface area contributed by atoms with E-state index in [4.69, 9.17) is 5.11 Å². The van der Waals surface area contributed by atoms with Gasteiger partial charge in [-0.1, -0.05) is 0 Å². The fraction of sp³-hybridized carbons (Fsp3) is 0.667. The van der Waals surface area contributed by atoms with E-state index in [2.05, 4.69) is 10.6 Å². The third-order valence-corrected chi connectivity index (χ3v) is 1.71. The first-order valence-electron chi connectivity index (χ1n) is 4.74. The van der Waals surface area contributed by atoms with E-state index in [1.807, 2.05) is 0 Å². The highest BCUT2D eigenvalue weighted by Gasteiger charge is 2.18. The molecule has 1 atom stereocenters. The van der Waals surface area contributed by atoms with Gasteiger partial charge in [0.25, 0.3) is 0 Å². The third-order valence-electron chi connectivity index (χ3n) is 1.71. The van der Waals surface area contributed by atoms with Gasteiger partial charge in [-0.3, -0.25) is 9.59 Å². The molecule has 15 heavy (non-hydrogen) atoms. The first kappa shape index (κ1) is 13.4. The molecule has 0 rings (SSSR count). The van der Waals surface area contributed by atoms with E-state index in [0.717, 1.165) is 0 Å². The van der Waals surface area contributed by atoms with Gasteiger partial charge < -0.3 is 15.7 Å². The van der Waals surface area contributed by atoms with Crippen molar-refractivity contribution in [2.24, 2.45) is 0 Å². The summed E-state index contributed by atoms with van der Waals surface area (Å²) in [6.07, 6.45) is 0.186. The van der Waals surface area contributed by atoms with Crippen molar-refractivity contribution in [3.8, 4) is 0 Å². The molecule has 0 aromatic heterocycles. The number of carboxylic acid groups (broad SMARTS) is 1. The Balaban J connectivity index is 4.01. The molecule has 1 unspecified atom stereocenters. The molecule has 0 spiro atoms. The van der Waals surface area contributed by atoms with E-state index in [-0.39, 0.29) is 18.7 Å². The van der Waals surface area contributed by atoms with Crippen LogP contribution in [0.3, 0.4) is 0 Å². The van der Waals surface area contributed by atoms with Crippen LogP contribution in [0, 0.1) is 0 Å². The average Bonchev–Trinajstić information content (AvgIpc) is 2.11. The molecule has 3 N–H and O–H groups in total. The Hall–Kier alpha value is -1.59. The van der Waals surface area contributed by atoms with E-state index in [1.54, 1.807) is 6.92 Å². The van der Waals surface area contributed by atoms with E-state index < -0.39 is 17.9 Å². The van der Waals surface area contributed by atoms with Gasteiger partial charge in [-0.25, -0.2) is 4.79 Å². The van der Waals surface area contributed by atoms with Crippen LogP contribution in [0.5, 0.6) is 0 Å². The predicted molar refractivity (Wildman–Crippen MR) is 53.2 cm³/mol. The van der Waals surface area contributed by atoms with E-state index in [0.29, 0.717) is 6.54 Å². The Morgan fingerprint density at radius 2 is 1.93 bits per heavy atom. The maximum Gasteiger partial charge on any atom is 0.326 e. The van der Waals surface area contributed by atoms with Crippen LogP contribution in [0.4, 0.5) is 0 Å². The Morgan fingerprint density at radius 3 is 2.33 bits per heavy atom. The number of nitrogens with one attached hydrogen (secondary N) is 2. The molecule has 0 heterocycles. The Labute approximate surface area is 88.0 Å². The summed E-state index contributed by atoms with van der Waals surface area (Å²) in [7, 11) is 0. The van der Waals surface area contributed by atoms with Crippen LogP contribution in [-0.4, -0.2) is 35.5 Å². The van der Waals surface area contributed by atoms with Gasteiger partial charge in [-0.15, -0.1) is 0 Å². The van der Waals surface area contributed by atoms with Gasteiger partial charge in [0.05, 0.1) is 0 Å². The van der Waals surface area contributed by atoms with Crippen molar-refractivity contribution in [1.29, 1.82) is 0 Å². The molecule has 0 aliphatic rings. The van der Waals surface area contributed by atoms with Crippen molar-refractivity contribution in [3.05, 3.63) is 0 Å². The summed E-state index contributed by atoms with van der Waals surface area (Å²) in [4.78, 5) is 32.4. The largest absolute Gasteiger partial charge is 0.480 e. The van der Waals surface area contributed by atoms with E-state index in [9.17, 15) is 14.4 Å². The SMILES string of the molecule is CCNC(=O)CCC(NC(C)=O)C(=O)O. The van der Waals surface area contributed by atoms with Crippen LogP contribution in [0.2, 0.25) is 0 Å². The van der Waals surface area contributed by atoms with Gasteiger partial charge in [0.15, 0.2) is 0 Å². The zero-order chi connectivity index (χ0) is 11.8. The number of carboxylic acids is 1. The van der Waals surface area contributed by atoms with Crippen molar-refractivity contribution in [2.75, 3.05) is 6.54 Å². The Bertz CT molecular complexity index is 252. The Morgan fingerprint density at radius 1 is 1.33 bits per heavy atom.